The van der Waals surface area contributed by atoms with Crippen molar-refractivity contribution in [2.45, 2.75) is 12.5 Å². The molecule has 25 heavy (non-hydrogen) atoms. The van der Waals surface area contributed by atoms with Crippen molar-refractivity contribution >= 4 is 23.0 Å². The quantitative estimate of drug-likeness (QED) is 0.715. The van der Waals surface area contributed by atoms with E-state index in [-0.39, 0.29) is 5.91 Å². The number of dihydropyridines is 1. The Bertz CT molecular complexity index is 983. The van der Waals surface area contributed by atoms with Crippen LogP contribution in [0.4, 0.5) is 0 Å². The van der Waals surface area contributed by atoms with E-state index < -0.39 is 5.92 Å². The van der Waals surface area contributed by atoms with Gasteiger partial charge < -0.3 is 13.8 Å². The van der Waals surface area contributed by atoms with E-state index in [2.05, 4.69) is 19.7 Å². The molecule has 0 N–H and O–H groups in total. The van der Waals surface area contributed by atoms with E-state index in [1.807, 2.05) is 30.5 Å². The molecule has 0 saturated heterocycles. The molecule has 1 atom stereocenters. The number of carbonyl (C=O) groups excluding carboxylic acids is 1. The summed E-state index contributed by atoms with van der Waals surface area (Å²) in [7, 11) is 1.68. The Hall–Kier alpha value is -3.06. The molecule has 0 aliphatic carbocycles. The second kappa shape index (κ2) is 6.45. The number of aromatic nitrogens is 3. The molecule has 3 aromatic rings. The van der Waals surface area contributed by atoms with Gasteiger partial charge in [-0.25, -0.2) is 4.99 Å². The molecule has 1 amide bonds. The van der Waals surface area contributed by atoms with Crippen LogP contribution >= 0.6 is 0 Å². The number of hydrogen-bond donors (Lipinski definition) is 0. The molecule has 1 aliphatic heterocycles. The number of allylic oxidation sites excluding steroid dienone is 1. The summed E-state index contributed by atoms with van der Waals surface area (Å²) < 4.78 is 12.7. The van der Waals surface area contributed by atoms with Crippen LogP contribution < -0.4 is 0 Å². The minimum Gasteiger partial charge on any atom is -0.383 e. The molecule has 3 heterocycles. The van der Waals surface area contributed by atoms with Gasteiger partial charge in [-0.3, -0.25) is 4.79 Å². The van der Waals surface area contributed by atoms with Crippen LogP contribution in [0.2, 0.25) is 0 Å². The van der Waals surface area contributed by atoms with Gasteiger partial charge in [0.25, 0.3) is 11.8 Å². The van der Waals surface area contributed by atoms with E-state index in [0.29, 0.717) is 18.3 Å². The van der Waals surface area contributed by atoms with Crippen LogP contribution in [0.5, 0.6) is 0 Å². The molecule has 0 fully saturated rings. The number of benzene rings is 1. The van der Waals surface area contributed by atoms with Gasteiger partial charge in [-0.15, -0.1) is 0 Å². The maximum Gasteiger partial charge on any atom is 0.260 e. The lowest BCUT2D eigenvalue weighted by atomic mass is 10.1. The van der Waals surface area contributed by atoms with E-state index >= 15 is 0 Å². The Balaban J connectivity index is 1.71. The molecule has 0 bridgehead atoms. The van der Waals surface area contributed by atoms with Gasteiger partial charge in [0.15, 0.2) is 5.82 Å². The fourth-order valence-electron chi connectivity index (χ4n) is 2.90. The minimum atomic E-state index is -0.590. The molecule has 4 rings (SSSR count). The van der Waals surface area contributed by atoms with Gasteiger partial charge in [0.2, 0.25) is 0 Å². The summed E-state index contributed by atoms with van der Waals surface area (Å²) in [5, 5.41) is 4.98. The standard InChI is InChI=1S/C18H16N4O3/c1-24-11-10-22-9-7-12-13(4-2-6-15(12)22)18-20-16(21-25-18)14-5-3-8-19-17(14)23/h2-9,14H,10-11H2,1H3. The highest BCUT2D eigenvalue weighted by Gasteiger charge is 2.25. The number of ether oxygens (including phenoxy) is 1. The average Bonchev–Trinajstić information content (AvgIpc) is 3.27. The van der Waals surface area contributed by atoms with Crippen LogP contribution in [0.25, 0.3) is 22.4 Å². The SMILES string of the molecule is COCCn1ccc2c(-c3nc(C4C=CC=NC4=O)no3)cccc21. The number of carbonyl (C=O) groups is 1. The third-order valence-corrected chi connectivity index (χ3v) is 4.16. The number of nitrogens with zero attached hydrogens (tertiary/aromatic N) is 4. The summed E-state index contributed by atoms with van der Waals surface area (Å²) in [6.07, 6.45) is 6.89. The Morgan fingerprint density at radius 3 is 3.08 bits per heavy atom. The molecule has 7 heteroatoms. The molecule has 1 unspecified atom stereocenters. The van der Waals surface area contributed by atoms with E-state index in [4.69, 9.17) is 9.26 Å². The topological polar surface area (TPSA) is 82.5 Å². The Kier molecular flexibility index (Phi) is 3.99. The molecular formula is C18H16N4O3. The number of hydrogen-bond acceptors (Lipinski definition) is 5. The molecule has 0 radical (unpaired) electrons. The van der Waals surface area contributed by atoms with E-state index in [1.54, 1.807) is 19.3 Å². The summed E-state index contributed by atoms with van der Waals surface area (Å²) in [4.78, 5) is 20.1. The molecular weight excluding hydrogens is 320 g/mol. The van der Waals surface area contributed by atoms with Crippen LogP contribution in [-0.4, -0.2) is 40.5 Å². The van der Waals surface area contributed by atoms with Crippen LogP contribution in [0.3, 0.4) is 0 Å². The van der Waals surface area contributed by atoms with Crippen LogP contribution in [0, 0.1) is 0 Å². The van der Waals surface area contributed by atoms with Gasteiger partial charge in [0.1, 0.15) is 5.92 Å². The summed E-state index contributed by atoms with van der Waals surface area (Å²) >= 11 is 0. The largest absolute Gasteiger partial charge is 0.383 e. The van der Waals surface area contributed by atoms with E-state index in [0.717, 1.165) is 23.0 Å². The predicted octanol–water partition coefficient (Wildman–Crippen LogP) is 2.59. The molecule has 7 nitrogen and oxygen atoms in total. The molecule has 1 aliphatic rings. The summed E-state index contributed by atoms with van der Waals surface area (Å²) in [6, 6.07) is 7.92. The highest BCUT2D eigenvalue weighted by atomic mass is 16.5. The molecule has 0 spiro atoms. The number of amides is 1. The predicted molar refractivity (Wildman–Crippen MR) is 92.5 cm³/mol. The number of methoxy groups -OCH3 is 1. The molecule has 126 valence electrons. The van der Waals surface area contributed by atoms with Gasteiger partial charge in [-0.05, 0) is 24.3 Å². The summed E-state index contributed by atoms with van der Waals surface area (Å²) in [5.41, 5.74) is 1.90. The van der Waals surface area contributed by atoms with Crippen molar-refractivity contribution in [1.82, 2.24) is 14.7 Å². The maximum atomic E-state index is 11.9. The highest BCUT2D eigenvalue weighted by molar-refractivity contribution is 5.97. The average molecular weight is 336 g/mol. The minimum absolute atomic E-state index is 0.293. The zero-order valence-corrected chi connectivity index (χ0v) is 13.6. The second-order valence-electron chi connectivity index (χ2n) is 5.68. The van der Waals surface area contributed by atoms with Crippen molar-refractivity contribution in [3.63, 3.8) is 0 Å². The Morgan fingerprint density at radius 2 is 2.24 bits per heavy atom. The number of fused-ring (bicyclic) bond motifs is 1. The smallest absolute Gasteiger partial charge is 0.260 e. The molecule has 1 aromatic carbocycles. The fraction of sp³-hybridized carbons (Fsp3) is 0.222. The fourth-order valence-corrected chi connectivity index (χ4v) is 2.90. The van der Waals surface area contributed by atoms with Gasteiger partial charge in [0, 0.05) is 42.5 Å². The lowest BCUT2D eigenvalue weighted by molar-refractivity contribution is -0.118. The van der Waals surface area contributed by atoms with Crippen molar-refractivity contribution in [2.75, 3.05) is 13.7 Å². The highest BCUT2D eigenvalue weighted by Crippen LogP contribution is 2.30. The van der Waals surface area contributed by atoms with Crippen molar-refractivity contribution in [3.05, 3.63) is 48.4 Å². The normalized spacial score (nSPS) is 16.8. The first-order valence-electron chi connectivity index (χ1n) is 7.93. The first-order valence-corrected chi connectivity index (χ1v) is 7.93. The molecule has 0 saturated carbocycles. The van der Waals surface area contributed by atoms with Crippen LogP contribution in [0.1, 0.15) is 11.7 Å². The van der Waals surface area contributed by atoms with Crippen LogP contribution in [0.15, 0.2) is 52.1 Å². The van der Waals surface area contributed by atoms with Crippen molar-refractivity contribution < 1.29 is 14.1 Å². The van der Waals surface area contributed by atoms with Crippen molar-refractivity contribution in [1.29, 1.82) is 0 Å². The van der Waals surface area contributed by atoms with E-state index in [9.17, 15) is 4.79 Å². The first kappa shape index (κ1) is 15.5. The zero-order valence-electron chi connectivity index (χ0n) is 13.6. The maximum absolute atomic E-state index is 11.9. The lowest BCUT2D eigenvalue weighted by Crippen LogP contribution is -2.12. The number of aliphatic imine (C=N–C) groups is 1. The second-order valence-corrected chi connectivity index (χ2v) is 5.68. The Morgan fingerprint density at radius 1 is 1.32 bits per heavy atom. The molecule has 2 aromatic heterocycles. The summed E-state index contributed by atoms with van der Waals surface area (Å²) in [5.74, 6) is -0.170. The van der Waals surface area contributed by atoms with Crippen molar-refractivity contribution in [3.8, 4) is 11.5 Å². The number of rotatable bonds is 5. The van der Waals surface area contributed by atoms with Crippen molar-refractivity contribution in [2.24, 2.45) is 4.99 Å². The third kappa shape index (κ3) is 2.78. The first-order chi connectivity index (χ1) is 12.3. The lowest BCUT2D eigenvalue weighted by Gasteiger charge is -2.05. The Labute approximate surface area is 143 Å². The summed E-state index contributed by atoms with van der Waals surface area (Å²) in [6.45, 7) is 1.40. The van der Waals surface area contributed by atoms with E-state index in [1.165, 1.54) is 6.21 Å². The van der Waals surface area contributed by atoms with Gasteiger partial charge in [0.05, 0.1) is 6.61 Å². The van der Waals surface area contributed by atoms with Crippen LogP contribution in [-0.2, 0) is 16.1 Å². The zero-order chi connectivity index (χ0) is 17.2. The van der Waals surface area contributed by atoms with Gasteiger partial charge in [-0.1, -0.05) is 17.3 Å². The van der Waals surface area contributed by atoms with Gasteiger partial charge >= 0.3 is 0 Å². The monoisotopic (exact) mass is 336 g/mol. The third-order valence-electron chi connectivity index (χ3n) is 4.16. The van der Waals surface area contributed by atoms with Gasteiger partial charge in [-0.2, -0.15) is 4.98 Å².